The van der Waals surface area contributed by atoms with Crippen LogP contribution >= 0.6 is 11.6 Å². The van der Waals surface area contributed by atoms with Crippen molar-refractivity contribution >= 4 is 23.2 Å². The van der Waals surface area contributed by atoms with E-state index in [9.17, 15) is 4.79 Å². The Morgan fingerprint density at radius 2 is 2.26 bits per heavy atom. The average Bonchev–Trinajstić information content (AvgIpc) is 3.08. The smallest absolute Gasteiger partial charge is 0.227 e. The van der Waals surface area contributed by atoms with Crippen molar-refractivity contribution in [3.8, 4) is 11.3 Å². The number of amides is 1. The number of rotatable bonds is 3. The molecule has 1 aliphatic rings. The van der Waals surface area contributed by atoms with Gasteiger partial charge in [-0.25, -0.2) is 4.98 Å². The lowest BCUT2D eigenvalue weighted by Gasteiger charge is -2.19. The highest BCUT2D eigenvalue weighted by Gasteiger charge is 2.31. The molecular formula is C14H13ClN2O2. The Morgan fingerprint density at radius 1 is 1.42 bits per heavy atom. The lowest BCUT2D eigenvalue weighted by Crippen LogP contribution is -2.25. The predicted molar refractivity (Wildman–Crippen MR) is 73.1 cm³/mol. The number of hydrogen-bond acceptors (Lipinski definition) is 3. The normalized spacial score (nSPS) is 19.1. The van der Waals surface area contributed by atoms with E-state index < -0.39 is 0 Å². The minimum atomic E-state index is 0.109. The minimum absolute atomic E-state index is 0.109. The number of benzene rings is 1. The number of carbonyl (C=O) groups is 1. The molecule has 1 amide bonds. The Balaban J connectivity index is 2.00. The molecule has 0 bridgehead atoms. The molecule has 5 heteroatoms. The number of nitrogens with zero attached hydrogens (tertiary/aromatic N) is 2. The van der Waals surface area contributed by atoms with E-state index in [1.54, 1.807) is 11.1 Å². The molecule has 2 aromatic rings. The van der Waals surface area contributed by atoms with Crippen molar-refractivity contribution in [1.29, 1.82) is 0 Å². The molecule has 98 valence electrons. The van der Waals surface area contributed by atoms with Crippen molar-refractivity contribution in [3.63, 3.8) is 0 Å². The second-order valence-electron chi connectivity index (χ2n) is 4.61. The van der Waals surface area contributed by atoms with Gasteiger partial charge >= 0.3 is 0 Å². The van der Waals surface area contributed by atoms with Crippen LogP contribution in [0.1, 0.15) is 6.42 Å². The number of carbonyl (C=O) groups excluding carboxylic acids is 1. The Bertz CT molecular complexity index is 583. The van der Waals surface area contributed by atoms with Gasteiger partial charge in [-0.2, -0.15) is 0 Å². The highest BCUT2D eigenvalue weighted by Crippen LogP contribution is 2.34. The van der Waals surface area contributed by atoms with Crippen molar-refractivity contribution < 1.29 is 9.21 Å². The quantitative estimate of drug-likeness (QED) is 0.810. The number of oxazole rings is 1. The van der Waals surface area contributed by atoms with E-state index in [1.807, 2.05) is 24.3 Å². The lowest BCUT2D eigenvalue weighted by molar-refractivity contribution is -0.117. The van der Waals surface area contributed by atoms with Gasteiger partial charge in [0.1, 0.15) is 0 Å². The van der Waals surface area contributed by atoms with E-state index in [1.165, 1.54) is 6.39 Å². The van der Waals surface area contributed by atoms with E-state index in [2.05, 4.69) is 4.98 Å². The van der Waals surface area contributed by atoms with Crippen LogP contribution in [0.2, 0.25) is 0 Å². The van der Waals surface area contributed by atoms with Crippen LogP contribution in [0.3, 0.4) is 0 Å². The maximum Gasteiger partial charge on any atom is 0.227 e. The molecule has 1 atom stereocenters. The second kappa shape index (κ2) is 5.05. The van der Waals surface area contributed by atoms with Gasteiger partial charge in [0.15, 0.2) is 12.2 Å². The monoisotopic (exact) mass is 276 g/mol. The number of alkyl halides is 1. The van der Waals surface area contributed by atoms with E-state index in [0.717, 1.165) is 11.3 Å². The zero-order valence-electron chi connectivity index (χ0n) is 10.3. The Labute approximate surface area is 116 Å². The highest BCUT2D eigenvalue weighted by atomic mass is 35.5. The van der Waals surface area contributed by atoms with Crippen molar-refractivity contribution in [2.24, 2.45) is 5.92 Å². The maximum absolute atomic E-state index is 12.1. The van der Waals surface area contributed by atoms with Crippen molar-refractivity contribution in [3.05, 3.63) is 36.9 Å². The van der Waals surface area contributed by atoms with E-state index in [4.69, 9.17) is 16.0 Å². The highest BCUT2D eigenvalue weighted by molar-refractivity contribution is 6.18. The molecule has 1 aromatic carbocycles. The first-order valence-electron chi connectivity index (χ1n) is 6.14. The van der Waals surface area contributed by atoms with Gasteiger partial charge in [-0.15, -0.1) is 11.6 Å². The molecule has 1 aromatic heterocycles. The van der Waals surface area contributed by atoms with Crippen LogP contribution in [0.15, 0.2) is 41.3 Å². The Kier molecular flexibility index (Phi) is 3.25. The van der Waals surface area contributed by atoms with Gasteiger partial charge < -0.3 is 9.32 Å². The lowest BCUT2D eigenvalue weighted by atomic mass is 10.1. The van der Waals surface area contributed by atoms with Crippen LogP contribution in [0.5, 0.6) is 0 Å². The summed E-state index contributed by atoms with van der Waals surface area (Å²) in [5, 5.41) is 0. The van der Waals surface area contributed by atoms with Crippen LogP contribution in [-0.2, 0) is 4.79 Å². The molecule has 0 spiro atoms. The van der Waals surface area contributed by atoms with Crippen LogP contribution in [0.4, 0.5) is 5.69 Å². The van der Waals surface area contributed by atoms with E-state index in [-0.39, 0.29) is 11.8 Å². The van der Waals surface area contributed by atoms with Gasteiger partial charge in [0.25, 0.3) is 0 Å². The minimum Gasteiger partial charge on any atom is -0.443 e. The van der Waals surface area contributed by atoms with Crippen LogP contribution < -0.4 is 4.90 Å². The molecule has 0 saturated carbocycles. The zero-order chi connectivity index (χ0) is 13.2. The standard InChI is InChI=1S/C14H13ClN2O2/c15-6-10-5-14(18)17(8-10)12-4-2-1-3-11(12)13-7-16-9-19-13/h1-4,7,9-10H,5-6,8H2. The molecule has 1 aliphatic heterocycles. The molecular weight excluding hydrogens is 264 g/mol. The maximum atomic E-state index is 12.1. The summed E-state index contributed by atoms with van der Waals surface area (Å²) in [7, 11) is 0. The van der Waals surface area contributed by atoms with Crippen LogP contribution in [0, 0.1) is 5.92 Å². The molecule has 0 N–H and O–H groups in total. The number of hydrogen-bond donors (Lipinski definition) is 0. The third-order valence-electron chi connectivity index (χ3n) is 3.32. The summed E-state index contributed by atoms with van der Waals surface area (Å²) < 4.78 is 5.33. The summed E-state index contributed by atoms with van der Waals surface area (Å²) in [5.41, 5.74) is 1.74. The fraction of sp³-hybridized carbons (Fsp3) is 0.286. The van der Waals surface area contributed by atoms with Gasteiger partial charge in [0.2, 0.25) is 5.91 Å². The first-order chi connectivity index (χ1) is 9.29. The first-order valence-corrected chi connectivity index (χ1v) is 6.67. The first kappa shape index (κ1) is 12.2. The molecule has 0 aliphatic carbocycles. The third-order valence-corrected chi connectivity index (χ3v) is 3.75. The van der Waals surface area contributed by atoms with Crippen LogP contribution in [0.25, 0.3) is 11.3 Å². The van der Waals surface area contributed by atoms with E-state index >= 15 is 0 Å². The number of anilines is 1. The summed E-state index contributed by atoms with van der Waals surface area (Å²) in [6.45, 7) is 0.660. The topological polar surface area (TPSA) is 46.3 Å². The summed E-state index contributed by atoms with van der Waals surface area (Å²) in [5.74, 6) is 1.50. The number of aromatic nitrogens is 1. The SMILES string of the molecule is O=C1CC(CCl)CN1c1ccccc1-c1cnco1. The van der Waals surface area contributed by atoms with Crippen molar-refractivity contribution in [2.45, 2.75) is 6.42 Å². The molecule has 19 heavy (non-hydrogen) atoms. The molecule has 4 nitrogen and oxygen atoms in total. The second-order valence-corrected chi connectivity index (χ2v) is 4.92. The summed E-state index contributed by atoms with van der Waals surface area (Å²) in [6, 6.07) is 7.68. The summed E-state index contributed by atoms with van der Waals surface area (Å²) in [6.07, 6.45) is 3.55. The molecule has 3 rings (SSSR count). The van der Waals surface area contributed by atoms with Crippen molar-refractivity contribution in [1.82, 2.24) is 4.98 Å². The van der Waals surface area contributed by atoms with Gasteiger partial charge in [-0.1, -0.05) is 12.1 Å². The summed E-state index contributed by atoms with van der Waals surface area (Å²) >= 11 is 5.86. The number of halogens is 1. The number of para-hydroxylation sites is 1. The van der Waals surface area contributed by atoms with Crippen LogP contribution in [-0.4, -0.2) is 23.3 Å². The largest absolute Gasteiger partial charge is 0.443 e. The van der Waals surface area contributed by atoms with Gasteiger partial charge in [-0.05, 0) is 18.1 Å². The molecule has 1 fully saturated rings. The Hall–Kier alpha value is -1.81. The average molecular weight is 277 g/mol. The van der Waals surface area contributed by atoms with Gasteiger partial charge in [0, 0.05) is 24.4 Å². The fourth-order valence-corrected chi connectivity index (χ4v) is 2.59. The van der Waals surface area contributed by atoms with Gasteiger partial charge in [-0.3, -0.25) is 4.79 Å². The van der Waals surface area contributed by atoms with Crippen molar-refractivity contribution in [2.75, 3.05) is 17.3 Å². The molecule has 1 saturated heterocycles. The zero-order valence-corrected chi connectivity index (χ0v) is 11.0. The molecule has 1 unspecified atom stereocenters. The fourth-order valence-electron chi connectivity index (χ4n) is 2.38. The molecule has 2 heterocycles. The Morgan fingerprint density at radius 3 is 2.95 bits per heavy atom. The van der Waals surface area contributed by atoms with E-state index in [0.29, 0.717) is 24.6 Å². The molecule has 0 radical (unpaired) electrons. The van der Waals surface area contributed by atoms with Gasteiger partial charge in [0.05, 0.1) is 11.9 Å². The summed E-state index contributed by atoms with van der Waals surface area (Å²) in [4.78, 5) is 17.8. The third kappa shape index (κ3) is 2.24. The predicted octanol–water partition coefficient (Wildman–Crippen LogP) is 2.93.